The van der Waals surface area contributed by atoms with Crippen LogP contribution in [0.4, 0.5) is 20.5 Å². The molecule has 10 aliphatic rings. The molecule has 2 saturated carbocycles. The maximum absolute atomic E-state index is 13.0. The molecule has 0 unspecified atom stereocenters. The van der Waals surface area contributed by atoms with E-state index >= 15 is 0 Å². The topological polar surface area (TPSA) is 159 Å². The predicted octanol–water partition coefficient (Wildman–Crippen LogP) is 8.26. The lowest BCUT2D eigenvalue weighted by atomic mass is 9.89. The van der Waals surface area contributed by atoms with Crippen molar-refractivity contribution in [3.05, 3.63) is 42.2 Å². The Balaban J connectivity index is 0.000000128. The van der Waals surface area contributed by atoms with Crippen LogP contribution in [0.5, 0.6) is 0 Å². The normalized spacial score (nSPS) is 24.6. The number of halogens is 2. The average Bonchev–Trinajstić information content (AvgIpc) is 1.56. The molecule has 26 heteroatoms. The van der Waals surface area contributed by atoms with Gasteiger partial charge in [0.2, 0.25) is 23.6 Å². The number of anilines is 4. The molecule has 4 amide bonds. The lowest BCUT2D eigenvalue weighted by Crippen LogP contribution is -2.64. The Kier molecular flexibility index (Phi) is 22.5. The summed E-state index contributed by atoms with van der Waals surface area (Å²) in [5, 5.41) is 4.14. The molecule has 8 saturated heterocycles. The maximum Gasteiger partial charge on any atom is 0.248 e. The molecule has 14 rings (SSSR count). The van der Waals surface area contributed by atoms with Gasteiger partial charge in [0.05, 0.1) is 35.9 Å². The van der Waals surface area contributed by atoms with Crippen molar-refractivity contribution in [1.29, 1.82) is 0 Å². The number of terminal acetylenes is 4. The third-order valence-corrected chi connectivity index (χ3v) is 26.0. The Labute approximate surface area is 582 Å². The minimum Gasteiger partial charge on any atom is -0.329 e. The highest BCUT2D eigenvalue weighted by Gasteiger charge is 2.45. The molecule has 0 spiro atoms. The second kappa shape index (κ2) is 30.4. The summed E-state index contributed by atoms with van der Waals surface area (Å²) in [7, 11) is 0. The monoisotopic (exact) mass is 1390 g/mol. The number of aromatic nitrogens is 4. The van der Waals surface area contributed by atoms with Crippen LogP contribution >= 0.6 is 68.5 Å². The van der Waals surface area contributed by atoms with E-state index in [9.17, 15) is 19.2 Å². The summed E-state index contributed by atoms with van der Waals surface area (Å²) in [5.74, 6) is 1.75. The number of rotatable bonds is 6. The molecular formula is C68H90Cl2N16O4S4. The number of carbonyl (C=O) groups excluding carboxylic acids is 4. The number of piperazine rings is 8. The van der Waals surface area contributed by atoms with Crippen LogP contribution in [-0.4, -0.2) is 238 Å². The molecule has 12 heterocycles. The Morgan fingerprint density at radius 1 is 0.394 bits per heavy atom. The summed E-state index contributed by atoms with van der Waals surface area (Å²) in [6.45, 7) is 28.1. The minimum atomic E-state index is -0.186. The van der Waals surface area contributed by atoms with Crippen LogP contribution in [0.25, 0.3) is 0 Å². The number of amides is 4. The summed E-state index contributed by atoms with van der Waals surface area (Å²) in [6, 6.07) is 10.0. The van der Waals surface area contributed by atoms with E-state index in [0.717, 1.165) is 112 Å². The quantitative estimate of drug-likeness (QED) is 0.170. The van der Waals surface area contributed by atoms with Crippen LogP contribution in [-0.2, 0) is 30.0 Å². The fraction of sp³-hybridized carbons (Fsp3) is 0.647. The lowest BCUT2D eigenvalue weighted by Gasteiger charge is -2.44. The minimum absolute atomic E-state index is 0.0714. The zero-order valence-electron chi connectivity index (χ0n) is 55.3. The molecule has 504 valence electrons. The zero-order valence-corrected chi connectivity index (χ0v) is 60.1. The maximum atomic E-state index is 13.0. The van der Waals surface area contributed by atoms with Crippen LogP contribution in [0.15, 0.2) is 12.4 Å². The van der Waals surface area contributed by atoms with Crippen LogP contribution in [0, 0.1) is 49.9 Å². The van der Waals surface area contributed by atoms with Gasteiger partial charge in [0.15, 0.2) is 20.5 Å². The molecule has 0 radical (unpaired) electrons. The third kappa shape index (κ3) is 15.6. The second-order valence-corrected chi connectivity index (χ2v) is 32.7. The lowest BCUT2D eigenvalue weighted by molar-refractivity contribution is -0.128. The summed E-state index contributed by atoms with van der Waals surface area (Å²) in [5.41, 5.74) is -0.161. The standard InChI is InChI=1S/2C18H24N4OS.2C16H21ClN4OS/c2*1-2-20-8-9-21-10-11-22(17(23)15(21)13-20)18-19-12-16(24-18)14-6-4-3-5-7-14;2*1-5-19-6-7-20-8-9-21(14(22)11(20)10-19)15-18-13(17)12(23-15)16(2,3)4/h2*1,12,14-15H,3-11,13H2;2*1,11H,6-10H2,2-4H3/t2*15-;2*11-/m1010/s1. The van der Waals surface area contributed by atoms with Crippen molar-refractivity contribution in [2.75, 3.05) is 150 Å². The zero-order chi connectivity index (χ0) is 66.6. The highest BCUT2D eigenvalue weighted by molar-refractivity contribution is 7.17. The summed E-state index contributed by atoms with van der Waals surface area (Å²) < 4.78 is 0. The van der Waals surface area contributed by atoms with Gasteiger partial charge in [-0.1, -0.05) is 152 Å². The van der Waals surface area contributed by atoms with Crippen molar-refractivity contribution in [2.24, 2.45) is 0 Å². The molecule has 8 aliphatic heterocycles. The largest absolute Gasteiger partial charge is 0.329 e. The van der Waals surface area contributed by atoms with Gasteiger partial charge in [0, 0.05) is 151 Å². The summed E-state index contributed by atoms with van der Waals surface area (Å²) in [6.07, 6.45) is 39.1. The molecular weight excluding hydrogens is 1300 g/mol. The van der Waals surface area contributed by atoms with Crippen LogP contribution in [0.3, 0.4) is 0 Å². The van der Waals surface area contributed by atoms with E-state index in [-0.39, 0.29) is 58.6 Å². The second-order valence-electron chi connectivity index (χ2n) is 28.0. The number of thiazole rings is 4. The van der Waals surface area contributed by atoms with Crippen molar-refractivity contribution < 1.29 is 19.2 Å². The average molecular weight is 1390 g/mol. The van der Waals surface area contributed by atoms with Crippen molar-refractivity contribution in [2.45, 2.75) is 153 Å². The number of fused-ring (bicyclic) bond motifs is 4. The van der Waals surface area contributed by atoms with Crippen LogP contribution < -0.4 is 19.6 Å². The van der Waals surface area contributed by atoms with E-state index in [1.165, 1.54) is 96.6 Å². The number of hydrogen-bond donors (Lipinski definition) is 0. The molecule has 0 bridgehead atoms. The SMILES string of the molecule is C#CN1CCN2CCN(c3nc(Cl)c(C(C)(C)C)s3)C(=O)[C@@H]2C1.C#CN1CCN2CCN(c3nc(Cl)c(C(C)(C)C)s3)C(=O)[C@H]2C1.C#CN1CCN2CCN(c3ncc(C4CCCCC4)s3)C(=O)[C@@H]2C1.C#CN1CCN2CCN(c3ncc(C4CCCCC4)s3)C(=O)[C@H]2C1. The van der Waals surface area contributed by atoms with Gasteiger partial charge in [-0.15, -0.1) is 22.7 Å². The van der Waals surface area contributed by atoms with E-state index in [1.54, 1.807) is 32.5 Å². The molecule has 4 atom stereocenters. The van der Waals surface area contributed by atoms with Gasteiger partial charge in [-0.3, -0.25) is 58.4 Å². The van der Waals surface area contributed by atoms with Gasteiger partial charge >= 0.3 is 0 Å². The van der Waals surface area contributed by atoms with E-state index in [1.807, 2.05) is 41.8 Å². The predicted molar refractivity (Wildman–Crippen MR) is 380 cm³/mol. The van der Waals surface area contributed by atoms with Crippen molar-refractivity contribution >= 4 is 113 Å². The van der Waals surface area contributed by atoms with Crippen molar-refractivity contribution in [3.8, 4) is 49.9 Å². The molecule has 0 aromatic carbocycles. The fourth-order valence-electron chi connectivity index (χ4n) is 14.3. The van der Waals surface area contributed by atoms with Gasteiger partial charge in [0.25, 0.3) is 0 Å². The van der Waals surface area contributed by atoms with Gasteiger partial charge in [-0.25, -0.2) is 19.9 Å². The number of hydrogen-bond acceptors (Lipinski definition) is 20. The Morgan fingerprint density at radius 3 is 0.915 bits per heavy atom. The number of nitrogens with zero attached hydrogens (tertiary/aromatic N) is 16. The van der Waals surface area contributed by atoms with Crippen molar-refractivity contribution in [3.63, 3.8) is 0 Å². The molecule has 4 aromatic heterocycles. The Bertz CT molecular complexity index is 3290. The first-order valence-electron chi connectivity index (χ1n) is 33.5. The van der Waals surface area contributed by atoms with Gasteiger partial charge in [0.1, 0.15) is 34.5 Å². The Hall–Kier alpha value is -5.74. The summed E-state index contributed by atoms with van der Waals surface area (Å²) >= 11 is 19.1. The van der Waals surface area contributed by atoms with E-state index in [2.05, 4.69) is 105 Å². The molecule has 4 aromatic rings. The smallest absolute Gasteiger partial charge is 0.248 e. The molecule has 20 nitrogen and oxygen atoms in total. The van der Waals surface area contributed by atoms with Crippen LogP contribution in [0.2, 0.25) is 10.3 Å². The van der Waals surface area contributed by atoms with Gasteiger partial charge < -0.3 is 19.6 Å². The molecule has 2 aliphatic carbocycles. The first-order chi connectivity index (χ1) is 45.1. The highest BCUT2D eigenvalue weighted by atomic mass is 35.5. The van der Waals surface area contributed by atoms with Gasteiger partial charge in [-0.2, -0.15) is 0 Å². The van der Waals surface area contributed by atoms with E-state index in [0.29, 0.717) is 71.7 Å². The molecule has 0 N–H and O–H groups in total. The van der Waals surface area contributed by atoms with E-state index in [4.69, 9.17) is 48.9 Å². The summed E-state index contributed by atoms with van der Waals surface area (Å²) in [4.78, 5) is 98.4. The first kappa shape index (κ1) is 69.6. The van der Waals surface area contributed by atoms with E-state index < -0.39 is 0 Å². The van der Waals surface area contributed by atoms with Gasteiger partial charge in [-0.05, 0) is 48.3 Å². The highest BCUT2D eigenvalue weighted by Crippen LogP contribution is 2.43. The fourth-order valence-corrected chi connectivity index (χ4v) is 19.7. The van der Waals surface area contributed by atoms with Crippen LogP contribution in [0.1, 0.15) is 137 Å². The molecule has 10 fully saturated rings. The Morgan fingerprint density at radius 2 is 0.660 bits per heavy atom. The molecule has 94 heavy (non-hydrogen) atoms. The van der Waals surface area contributed by atoms with Crippen molar-refractivity contribution in [1.82, 2.24) is 59.1 Å². The number of carbonyl (C=O) groups is 4. The third-order valence-electron chi connectivity index (χ3n) is 19.8. The first-order valence-corrected chi connectivity index (χ1v) is 37.5.